The minimum absolute atomic E-state index is 0.519. The zero-order chi connectivity index (χ0) is 12.5. The second kappa shape index (κ2) is 4.81. The highest BCUT2D eigenvalue weighted by Crippen LogP contribution is 2.40. The molecule has 2 atom stereocenters. The molecule has 0 amide bonds. The first-order valence-electron chi connectivity index (χ1n) is 6.67. The minimum Gasteiger partial charge on any atom is -0.313 e. The van der Waals surface area contributed by atoms with Crippen LogP contribution in [0.5, 0.6) is 0 Å². The van der Waals surface area contributed by atoms with Gasteiger partial charge in [0.1, 0.15) is 0 Å². The predicted octanol–water partition coefficient (Wildman–Crippen LogP) is 2.38. The molecular weight excluding hydrogens is 210 g/mol. The maximum absolute atomic E-state index is 4.19. The molecule has 3 nitrogen and oxygen atoms in total. The SMILES string of the molecule is CC1CC(C)(C)CC1NCCc1cnn(C)c1. The van der Waals surface area contributed by atoms with E-state index < -0.39 is 0 Å². The topological polar surface area (TPSA) is 29.9 Å². The molecule has 0 bridgehead atoms. The molecule has 2 unspecified atom stereocenters. The molecular formula is C14H25N3. The van der Waals surface area contributed by atoms with Crippen molar-refractivity contribution in [2.24, 2.45) is 18.4 Å². The van der Waals surface area contributed by atoms with Crippen molar-refractivity contribution in [2.45, 2.75) is 46.1 Å². The monoisotopic (exact) mass is 235 g/mol. The van der Waals surface area contributed by atoms with E-state index in [2.05, 4.69) is 37.4 Å². The molecule has 1 saturated carbocycles. The molecule has 0 aromatic carbocycles. The van der Waals surface area contributed by atoms with Crippen LogP contribution < -0.4 is 5.32 Å². The molecule has 0 aliphatic heterocycles. The third kappa shape index (κ3) is 3.32. The van der Waals surface area contributed by atoms with E-state index in [0.717, 1.165) is 18.9 Å². The lowest BCUT2D eigenvalue weighted by molar-refractivity contribution is 0.362. The quantitative estimate of drug-likeness (QED) is 0.868. The number of aryl methyl sites for hydroxylation is 1. The summed E-state index contributed by atoms with van der Waals surface area (Å²) in [6.07, 6.45) is 7.80. The van der Waals surface area contributed by atoms with Crippen LogP contribution in [0.15, 0.2) is 12.4 Å². The van der Waals surface area contributed by atoms with Crippen molar-refractivity contribution in [3.8, 4) is 0 Å². The van der Waals surface area contributed by atoms with Crippen molar-refractivity contribution in [1.29, 1.82) is 0 Å². The Bertz CT molecular complexity index is 367. The van der Waals surface area contributed by atoms with Crippen molar-refractivity contribution in [1.82, 2.24) is 15.1 Å². The summed E-state index contributed by atoms with van der Waals surface area (Å²) in [6, 6.07) is 0.696. The summed E-state index contributed by atoms with van der Waals surface area (Å²) in [5.41, 5.74) is 1.84. The van der Waals surface area contributed by atoms with Gasteiger partial charge in [-0.1, -0.05) is 20.8 Å². The third-order valence-electron chi connectivity index (χ3n) is 3.91. The molecule has 1 aromatic rings. The van der Waals surface area contributed by atoms with Crippen LogP contribution in [-0.2, 0) is 13.5 Å². The van der Waals surface area contributed by atoms with E-state index in [1.54, 1.807) is 0 Å². The number of nitrogens with one attached hydrogen (secondary N) is 1. The lowest BCUT2D eigenvalue weighted by Crippen LogP contribution is -2.33. The smallest absolute Gasteiger partial charge is 0.0522 e. The van der Waals surface area contributed by atoms with Crippen LogP contribution in [0.2, 0.25) is 0 Å². The lowest BCUT2D eigenvalue weighted by Gasteiger charge is -2.18. The fourth-order valence-electron chi connectivity index (χ4n) is 3.17. The van der Waals surface area contributed by atoms with Crippen LogP contribution in [0.25, 0.3) is 0 Å². The van der Waals surface area contributed by atoms with Crippen LogP contribution in [0.3, 0.4) is 0 Å². The molecule has 1 N–H and O–H groups in total. The van der Waals surface area contributed by atoms with Gasteiger partial charge in [-0.15, -0.1) is 0 Å². The van der Waals surface area contributed by atoms with Gasteiger partial charge in [0.15, 0.2) is 0 Å². The number of hydrogen-bond acceptors (Lipinski definition) is 2. The Kier molecular flexibility index (Phi) is 3.57. The van der Waals surface area contributed by atoms with Gasteiger partial charge in [-0.25, -0.2) is 0 Å². The molecule has 0 saturated heterocycles. The molecule has 2 rings (SSSR count). The fourth-order valence-corrected chi connectivity index (χ4v) is 3.17. The molecule has 0 spiro atoms. The average Bonchev–Trinajstić information content (AvgIpc) is 2.71. The Labute approximate surface area is 105 Å². The highest BCUT2D eigenvalue weighted by atomic mass is 15.2. The zero-order valence-corrected chi connectivity index (χ0v) is 11.5. The van der Waals surface area contributed by atoms with E-state index in [4.69, 9.17) is 0 Å². The summed E-state index contributed by atoms with van der Waals surface area (Å²) < 4.78 is 1.87. The highest BCUT2D eigenvalue weighted by Gasteiger charge is 2.35. The van der Waals surface area contributed by atoms with Crippen molar-refractivity contribution in [2.75, 3.05) is 6.54 Å². The zero-order valence-electron chi connectivity index (χ0n) is 11.5. The summed E-state index contributed by atoms with van der Waals surface area (Å²) in [5, 5.41) is 7.90. The molecule has 1 heterocycles. The van der Waals surface area contributed by atoms with Gasteiger partial charge < -0.3 is 5.32 Å². The predicted molar refractivity (Wildman–Crippen MR) is 70.9 cm³/mol. The molecule has 1 aliphatic carbocycles. The van der Waals surface area contributed by atoms with E-state index in [1.807, 2.05) is 17.9 Å². The Hall–Kier alpha value is -0.830. The largest absolute Gasteiger partial charge is 0.313 e. The van der Waals surface area contributed by atoms with E-state index in [-0.39, 0.29) is 0 Å². The molecule has 96 valence electrons. The summed E-state index contributed by atoms with van der Waals surface area (Å²) in [6.45, 7) is 8.20. The average molecular weight is 235 g/mol. The lowest BCUT2D eigenvalue weighted by atomic mass is 9.91. The van der Waals surface area contributed by atoms with Gasteiger partial charge in [0.2, 0.25) is 0 Å². The Morgan fingerprint density at radius 1 is 1.47 bits per heavy atom. The van der Waals surface area contributed by atoms with Crippen LogP contribution in [0.1, 0.15) is 39.2 Å². The maximum atomic E-state index is 4.19. The summed E-state index contributed by atoms with van der Waals surface area (Å²) in [7, 11) is 1.97. The van der Waals surface area contributed by atoms with Gasteiger partial charge >= 0.3 is 0 Å². The van der Waals surface area contributed by atoms with E-state index in [1.165, 1.54) is 18.4 Å². The number of rotatable bonds is 4. The van der Waals surface area contributed by atoms with Crippen molar-refractivity contribution in [3.05, 3.63) is 18.0 Å². The van der Waals surface area contributed by atoms with Crippen molar-refractivity contribution in [3.63, 3.8) is 0 Å². The van der Waals surface area contributed by atoms with Gasteiger partial charge in [-0.3, -0.25) is 4.68 Å². The highest BCUT2D eigenvalue weighted by molar-refractivity contribution is 5.04. The number of aromatic nitrogens is 2. The van der Waals surface area contributed by atoms with Gasteiger partial charge in [0.25, 0.3) is 0 Å². The minimum atomic E-state index is 0.519. The second-order valence-electron chi connectivity index (χ2n) is 6.38. The molecule has 1 fully saturated rings. The van der Waals surface area contributed by atoms with Gasteiger partial charge in [-0.05, 0) is 42.7 Å². The first kappa shape index (κ1) is 12.6. The first-order chi connectivity index (χ1) is 7.96. The first-order valence-corrected chi connectivity index (χ1v) is 6.67. The summed E-state index contributed by atoms with van der Waals surface area (Å²) in [4.78, 5) is 0. The van der Waals surface area contributed by atoms with Gasteiger partial charge in [0, 0.05) is 19.3 Å². The molecule has 3 heteroatoms. The van der Waals surface area contributed by atoms with Crippen LogP contribution in [0, 0.1) is 11.3 Å². The van der Waals surface area contributed by atoms with Crippen LogP contribution >= 0.6 is 0 Å². The van der Waals surface area contributed by atoms with Gasteiger partial charge in [0.05, 0.1) is 6.20 Å². The Morgan fingerprint density at radius 3 is 2.76 bits per heavy atom. The molecule has 1 aromatic heterocycles. The normalized spacial score (nSPS) is 27.5. The number of hydrogen-bond donors (Lipinski definition) is 1. The standard InChI is InChI=1S/C14H25N3/c1-11-7-14(2,3)8-13(11)15-6-5-12-9-16-17(4)10-12/h9-11,13,15H,5-8H2,1-4H3. The maximum Gasteiger partial charge on any atom is 0.0522 e. The molecule has 0 radical (unpaired) electrons. The van der Waals surface area contributed by atoms with Crippen LogP contribution in [-0.4, -0.2) is 22.4 Å². The van der Waals surface area contributed by atoms with Crippen LogP contribution in [0.4, 0.5) is 0 Å². The molecule has 1 aliphatic rings. The summed E-state index contributed by atoms with van der Waals surface area (Å²) in [5.74, 6) is 0.805. The van der Waals surface area contributed by atoms with E-state index in [0.29, 0.717) is 11.5 Å². The van der Waals surface area contributed by atoms with Gasteiger partial charge in [-0.2, -0.15) is 5.10 Å². The van der Waals surface area contributed by atoms with Crippen molar-refractivity contribution < 1.29 is 0 Å². The molecule has 17 heavy (non-hydrogen) atoms. The van der Waals surface area contributed by atoms with E-state index >= 15 is 0 Å². The van der Waals surface area contributed by atoms with E-state index in [9.17, 15) is 0 Å². The third-order valence-corrected chi connectivity index (χ3v) is 3.91. The van der Waals surface area contributed by atoms with Crippen molar-refractivity contribution >= 4 is 0 Å². The Balaban J connectivity index is 1.76. The number of nitrogens with zero attached hydrogens (tertiary/aromatic N) is 2. The fraction of sp³-hybridized carbons (Fsp3) is 0.786. The summed E-state index contributed by atoms with van der Waals surface area (Å²) >= 11 is 0. The Morgan fingerprint density at radius 2 is 2.24 bits per heavy atom. The second-order valence-corrected chi connectivity index (χ2v) is 6.38.